The molecule has 8 nitrogen and oxygen atoms in total. The van der Waals surface area contributed by atoms with E-state index in [9.17, 15) is 19.4 Å². The molecule has 69 heavy (non-hydrogen) atoms. The van der Waals surface area contributed by atoms with Gasteiger partial charge in [-0.25, -0.2) is 4.57 Å². The van der Waals surface area contributed by atoms with Crippen LogP contribution < -0.4 is 5.32 Å². The number of nitrogens with zero attached hydrogens (tertiary/aromatic N) is 1. The lowest BCUT2D eigenvalue weighted by Crippen LogP contribution is -2.46. The van der Waals surface area contributed by atoms with E-state index in [4.69, 9.17) is 9.05 Å². The zero-order valence-corrected chi connectivity index (χ0v) is 48.2. The third kappa shape index (κ3) is 55.1. The van der Waals surface area contributed by atoms with Gasteiger partial charge in [0.2, 0.25) is 5.91 Å². The number of carbonyl (C=O) groups is 1. The van der Waals surface area contributed by atoms with E-state index in [1.54, 1.807) is 0 Å². The SMILES string of the molecule is CCCCCCCCCCCCCCCCCCCCCCCCCCCCCCC(=O)NC(COP(=O)(O)OCC[N+](C)(C)C)C(O)CCCCCCCCCCCCCCCCCCCCC. The summed E-state index contributed by atoms with van der Waals surface area (Å²) in [5.74, 6) is -0.135. The summed E-state index contributed by atoms with van der Waals surface area (Å²) in [6.07, 6.45) is 63.2. The Bertz CT molecular complexity index is 1090. The van der Waals surface area contributed by atoms with Crippen LogP contribution in [0.25, 0.3) is 0 Å². The number of nitrogens with one attached hydrogen (secondary N) is 1. The molecule has 0 rings (SSSR count). The van der Waals surface area contributed by atoms with Crippen molar-refractivity contribution in [3.63, 3.8) is 0 Å². The lowest BCUT2D eigenvalue weighted by Gasteiger charge is -2.26. The molecule has 0 saturated carbocycles. The zero-order chi connectivity index (χ0) is 50.6. The number of amides is 1. The number of likely N-dealkylation sites (N-methyl/N-ethyl adjacent to an activating group) is 1. The van der Waals surface area contributed by atoms with Crippen LogP contribution in [0, 0.1) is 0 Å². The lowest BCUT2D eigenvalue weighted by molar-refractivity contribution is -0.870. The van der Waals surface area contributed by atoms with Gasteiger partial charge in [-0.1, -0.05) is 309 Å². The third-order valence-corrected chi connectivity index (χ3v) is 15.6. The molecule has 0 aromatic heterocycles. The topological polar surface area (TPSA) is 105 Å². The van der Waals surface area contributed by atoms with Crippen LogP contribution in [0.4, 0.5) is 0 Å². The summed E-state index contributed by atoms with van der Waals surface area (Å²) in [5.41, 5.74) is 0. The average Bonchev–Trinajstić information content (AvgIpc) is 3.31. The van der Waals surface area contributed by atoms with Crippen molar-refractivity contribution in [3.8, 4) is 0 Å². The summed E-state index contributed by atoms with van der Waals surface area (Å²) in [6.45, 7) is 4.95. The number of aliphatic hydroxyl groups is 1. The van der Waals surface area contributed by atoms with Crippen LogP contribution in [0.2, 0.25) is 0 Å². The zero-order valence-electron chi connectivity index (χ0n) is 47.3. The Morgan fingerprint density at radius 2 is 0.696 bits per heavy atom. The number of phosphoric acid groups is 1. The molecule has 0 aliphatic carbocycles. The van der Waals surface area contributed by atoms with Gasteiger partial charge >= 0.3 is 7.82 Å². The second-order valence-electron chi connectivity index (χ2n) is 22.8. The molecule has 9 heteroatoms. The molecule has 3 atom stereocenters. The highest BCUT2D eigenvalue weighted by atomic mass is 31.2. The molecule has 0 aromatic rings. The fourth-order valence-electron chi connectivity index (χ4n) is 9.76. The van der Waals surface area contributed by atoms with Gasteiger partial charge in [0, 0.05) is 6.42 Å². The Kier molecular flexibility index (Phi) is 52.0. The summed E-state index contributed by atoms with van der Waals surface area (Å²) in [4.78, 5) is 23.4. The van der Waals surface area contributed by atoms with E-state index >= 15 is 0 Å². The minimum Gasteiger partial charge on any atom is -0.391 e. The van der Waals surface area contributed by atoms with E-state index in [2.05, 4.69) is 19.2 Å². The van der Waals surface area contributed by atoms with Gasteiger partial charge in [-0.05, 0) is 12.8 Å². The van der Waals surface area contributed by atoms with E-state index in [0.29, 0.717) is 23.9 Å². The van der Waals surface area contributed by atoms with Crippen molar-refractivity contribution < 1.29 is 32.9 Å². The first-order valence-electron chi connectivity index (χ1n) is 30.9. The van der Waals surface area contributed by atoms with Crippen molar-refractivity contribution in [1.29, 1.82) is 0 Å². The van der Waals surface area contributed by atoms with Crippen molar-refractivity contribution in [2.24, 2.45) is 0 Å². The van der Waals surface area contributed by atoms with Gasteiger partial charge in [0.15, 0.2) is 0 Å². The normalized spacial score (nSPS) is 13.8. The Balaban J connectivity index is 4.04. The fraction of sp³-hybridized carbons (Fsp3) is 0.983. The minimum absolute atomic E-state index is 0.0792. The molecule has 3 N–H and O–H groups in total. The maximum atomic E-state index is 13.0. The van der Waals surface area contributed by atoms with Gasteiger partial charge in [0.05, 0.1) is 39.9 Å². The van der Waals surface area contributed by atoms with E-state index in [-0.39, 0.29) is 19.1 Å². The van der Waals surface area contributed by atoms with Crippen molar-refractivity contribution >= 4 is 13.7 Å². The molecule has 0 aromatic carbocycles. The van der Waals surface area contributed by atoms with Crippen LogP contribution in [0.5, 0.6) is 0 Å². The smallest absolute Gasteiger partial charge is 0.391 e. The van der Waals surface area contributed by atoms with Gasteiger partial charge in [-0.3, -0.25) is 13.8 Å². The molecule has 414 valence electrons. The van der Waals surface area contributed by atoms with Crippen molar-refractivity contribution in [2.75, 3.05) is 40.9 Å². The molecule has 0 aliphatic heterocycles. The van der Waals surface area contributed by atoms with Crippen LogP contribution in [-0.4, -0.2) is 73.4 Å². The highest BCUT2D eigenvalue weighted by Crippen LogP contribution is 2.43. The summed E-state index contributed by atoms with van der Waals surface area (Å²) >= 11 is 0. The van der Waals surface area contributed by atoms with Crippen molar-refractivity contribution in [3.05, 3.63) is 0 Å². The van der Waals surface area contributed by atoms with Crippen LogP contribution in [0.1, 0.15) is 328 Å². The van der Waals surface area contributed by atoms with Crippen molar-refractivity contribution in [2.45, 2.75) is 341 Å². The van der Waals surface area contributed by atoms with Crippen LogP contribution >= 0.6 is 7.82 Å². The highest BCUT2D eigenvalue weighted by molar-refractivity contribution is 7.47. The maximum absolute atomic E-state index is 13.0. The van der Waals surface area contributed by atoms with Gasteiger partial charge in [0.25, 0.3) is 0 Å². The lowest BCUT2D eigenvalue weighted by atomic mass is 10.0. The van der Waals surface area contributed by atoms with Crippen molar-refractivity contribution in [1.82, 2.24) is 5.32 Å². The summed E-state index contributed by atoms with van der Waals surface area (Å²) in [6, 6.07) is -0.755. The Hall–Kier alpha value is -0.500. The first-order chi connectivity index (χ1) is 33.5. The fourth-order valence-corrected chi connectivity index (χ4v) is 10.5. The Morgan fingerprint density at radius 3 is 0.971 bits per heavy atom. The number of hydrogen-bond donors (Lipinski definition) is 3. The number of carbonyl (C=O) groups excluding carboxylic acids is 1. The minimum atomic E-state index is -4.32. The Morgan fingerprint density at radius 1 is 0.435 bits per heavy atom. The number of phosphoric ester groups is 1. The standard InChI is InChI=1S/C60H123N2O6P/c1-6-8-10-12-14-16-18-20-22-24-26-27-28-29-30-31-32-33-34-36-38-40-42-44-46-48-50-52-54-60(64)61-58(57-68-69(65,66)67-56-55-62(3,4)5)59(63)53-51-49-47-45-43-41-39-37-35-25-23-21-19-17-15-13-11-9-7-2/h58-59,63H,6-57H2,1-5H3,(H-,61,64,65,66)/p+1. The number of rotatable bonds is 58. The summed E-state index contributed by atoms with van der Waals surface area (Å²) < 4.78 is 23.8. The largest absolute Gasteiger partial charge is 0.472 e. The molecule has 0 heterocycles. The van der Waals surface area contributed by atoms with Gasteiger partial charge in [-0.15, -0.1) is 0 Å². The average molecular weight is 1000 g/mol. The second kappa shape index (κ2) is 52.4. The Labute approximate surface area is 431 Å². The maximum Gasteiger partial charge on any atom is 0.472 e. The number of unbranched alkanes of at least 4 members (excludes halogenated alkanes) is 45. The quantitative estimate of drug-likeness (QED) is 0.0318. The predicted octanol–water partition coefficient (Wildman–Crippen LogP) is 18.8. The van der Waals surface area contributed by atoms with Gasteiger partial charge in [0.1, 0.15) is 13.2 Å². The summed E-state index contributed by atoms with van der Waals surface area (Å²) in [7, 11) is 1.64. The molecular formula is C60H124N2O6P+. The molecule has 0 fully saturated rings. The molecule has 0 bridgehead atoms. The van der Waals surface area contributed by atoms with E-state index in [1.165, 1.54) is 263 Å². The molecule has 3 unspecified atom stereocenters. The molecule has 0 spiro atoms. The molecule has 0 saturated heterocycles. The van der Waals surface area contributed by atoms with E-state index in [0.717, 1.165) is 38.5 Å². The molecule has 0 radical (unpaired) electrons. The highest BCUT2D eigenvalue weighted by Gasteiger charge is 2.28. The number of hydrogen-bond acceptors (Lipinski definition) is 5. The second-order valence-corrected chi connectivity index (χ2v) is 24.3. The predicted molar refractivity (Wildman–Crippen MR) is 300 cm³/mol. The van der Waals surface area contributed by atoms with Gasteiger partial charge in [-0.2, -0.15) is 0 Å². The molecule has 0 aliphatic rings. The van der Waals surface area contributed by atoms with Crippen LogP contribution in [-0.2, 0) is 18.4 Å². The first kappa shape index (κ1) is 68.5. The monoisotopic (exact) mass is 1000 g/mol. The van der Waals surface area contributed by atoms with E-state index in [1.807, 2.05) is 21.1 Å². The van der Waals surface area contributed by atoms with Gasteiger partial charge < -0.3 is 19.8 Å². The third-order valence-electron chi connectivity index (χ3n) is 14.6. The van der Waals surface area contributed by atoms with Crippen LogP contribution in [0.3, 0.4) is 0 Å². The molecule has 1 amide bonds. The molecular weight excluding hydrogens is 876 g/mol. The number of quaternary nitrogens is 1. The summed E-state index contributed by atoms with van der Waals surface area (Å²) in [5, 5.41) is 14.1. The first-order valence-corrected chi connectivity index (χ1v) is 32.4. The van der Waals surface area contributed by atoms with E-state index < -0.39 is 20.0 Å². The van der Waals surface area contributed by atoms with Crippen LogP contribution in [0.15, 0.2) is 0 Å². The number of aliphatic hydroxyl groups excluding tert-OH is 1.